The van der Waals surface area contributed by atoms with Crippen LogP contribution in [-0.4, -0.2) is 30.3 Å². The molecule has 0 unspecified atom stereocenters. The number of rotatable bonds is 8. The minimum absolute atomic E-state index is 0.0334. The van der Waals surface area contributed by atoms with E-state index in [0.717, 1.165) is 11.3 Å². The molecule has 2 aromatic rings. The van der Waals surface area contributed by atoms with Crippen molar-refractivity contribution in [1.29, 1.82) is 0 Å². The van der Waals surface area contributed by atoms with Gasteiger partial charge in [-0.2, -0.15) is 0 Å². The molecule has 29 heavy (non-hydrogen) atoms. The molecule has 3 amide bonds. The van der Waals surface area contributed by atoms with Crippen molar-refractivity contribution in [3.63, 3.8) is 0 Å². The summed E-state index contributed by atoms with van der Waals surface area (Å²) in [5.41, 5.74) is 3.37. The molecule has 0 fully saturated rings. The molecule has 154 valence electrons. The number of carbonyl (C=O) groups is 3. The molecule has 0 atom stereocenters. The molecular formula is C22H28N4O3. The molecule has 0 aliphatic carbocycles. The van der Waals surface area contributed by atoms with Gasteiger partial charge in [-0.25, -0.2) is 0 Å². The normalized spacial score (nSPS) is 10.4. The van der Waals surface area contributed by atoms with Crippen LogP contribution in [0.4, 0.5) is 17.1 Å². The van der Waals surface area contributed by atoms with Gasteiger partial charge in [-0.05, 0) is 56.7 Å². The van der Waals surface area contributed by atoms with E-state index in [2.05, 4.69) is 21.3 Å². The van der Waals surface area contributed by atoms with E-state index < -0.39 is 0 Å². The van der Waals surface area contributed by atoms with Crippen LogP contribution in [0.3, 0.4) is 0 Å². The average Bonchev–Trinajstić information content (AvgIpc) is 2.68. The summed E-state index contributed by atoms with van der Waals surface area (Å²) in [6.07, 6.45) is 0.397. The molecule has 4 N–H and O–H groups in total. The van der Waals surface area contributed by atoms with Gasteiger partial charge in [-0.15, -0.1) is 0 Å². The zero-order valence-electron chi connectivity index (χ0n) is 17.3. The van der Waals surface area contributed by atoms with Crippen LogP contribution in [0.15, 0.2) is 42.5 Å². The molecule has 7 nitrogen and oxygen atoms in total. The maximum absolute atomic E-state index is 12.3. The molecule has 7 heteroatoms. The first-order chi connectivity index (χ1) is 13.8. The number of anilines is 3. The topological polar surface area (TPSA) is 99.3 Å². The molecule has 0 saturated heterocycles. The van der Waals surface area contributed by atoms with Crippen LogP contribution in [0.2, 0.25) is 0 Å². The minimum Gasteiger partial charge on any atom is -0.376 e. The Balaban J connectivity index is 1.98. The smallest absolute Gasteiger partial charge is 0.251 e. The Bertz CT molecular complexity index is 893. The Hall–Kier alpha value is -3.35. The van der Waals surface area contributed by atoms with Crippen LogP contribution < -0.4 is 21.3 Å². The summed E-state index contributed by atoms with van der Waals surface area (Å²) in [7, 11) is 0. The Morgan fingerprint density at radius 2 is 1.62 bits per heavy atom. The van der Waals surface area contributed by atoms with E-state index in [4.69, 9.17) is 0 Å². The highest BCUT2D eigenvalue weighted by molar-refractivity contribution is 5.98. The van der Waals surface area contributed by atoms with Crippen molar-refractivity contribution in [1.82, 2.24) is 5.32 Å². The van der Waals surface area contributed by atoms with Crippen LogP contribution >= 0.6 is 0 Å². The van der Waals surface area contributed by atoms with E-state index in [0.29, 0.717) is 23.4 Å². The van der Waals surface area contributed by atoms with Crippen molar-refractivity contribution in [3.05, 3.63) is 53.6 Å². The van der Waals surface area contributed by atoms with Crippen molar-refractivity contribution >= 4 is 34.8 Å². The van der Waals surface area contributed by atoms with Gasteiger partial charge in [0.1, 0.15) is 0 Å². The van der Waals surface area contributed by atoms with E-state index in [-0.39, 0.29) is 30.3 Å². The zero-order chi connectivity index (χ0) is 21.4. The number of nitrogens with one attached hydrogen (secondary N) is 4. The van der Waals surface area contributed by atoms with Gasteiger partial charge in [0.15, 0.2) is 0 Å². The summed E-state index contributed by atoms with van der Waals surface area (Å²) >= 11 is 0. The molecular weight excluding hydrogens is 368 g/mol. The summed E-state index contributed by atoms with van der Waals surface area (Å²) < 4.78 is 0. The van der Waals surface area contributed by atoms with Gasteiger partial charge in [-0.1, -0.05) is 19.1 Å². The highest BCUT2D eigenvalue weighted by atomic mass is 16.2. The molecule has 0 aliphatic rings. The number of hydrogen-bond donors (Lipinski definition) is 4. The van der Waals surface area contributed by atoms with Gasteiger partial charge >= 0.3 is 0 Å². The monoisotopic (exact) mass is 396 g/mol. The van der Waals surface area contributed by atoms with Gasteiger partial charge in [0.25, 0.3) is 5.91 Å². The summed E-state index contributed by atoms with van der Waals surface area (Å²) in [5.74, 6) is -0.492. The molecule has 0 aromatic heterocycles. The quantitative estimate of drug-likeness (QED) is 0.548. The fourth-order valence-corrected chi connectivity index (χ4v) is 2.67. The number of carbonyl (C=O) groups excluding carboxylic acids is 3. The van der Waals surface area contributed by atoms with E-state index in [1.807, 2.05) is 39.0 Å². The predicted octanol–water partition coefficient (Wildman–Crippen LogP) is 3.53. The lowest BCUT2D eigenvalue weighted by atomic mass is 10.1. The first-order valence-electron chi connectivity index (χ1n) is 9.64. The van der Waals surface area contributed by atoms with Crippen molar-refractivity contribution < 1.29 is 14.4 Å². The number of benzene rings is 2. The second kappa shape index (κ2) is 10.3. The fourth-order valence-electron chi connectivity index (χ4n) is 2.67. The molecule has 0 aliphatic heterocycles. The molecule has 0 heterocycles. The van der Waals surface area contributed by atoms with E-state index in [9.17, 15) is 14.4 Å². The van der Waals surface area contributed by atoms with E-state index in [1.165, 1.54) is 0 Å². The third-order valence-corrected chi connectivity index (χ3v) is 4.20. The third kappa shape index (κ3) is 6.64. The first kappa shape index (κ1) is 21.9. The minimum atomic E-state index is -0.242. The fraction of sp³-hybridized carbons (Fsp3) is 0.318. The zero-order valence-corrected chi connectivity index (χ0v) is 17.3. The average molecular weight is 396 g/mol. The van der Waals surface area contributed by atoms with Gasteiger partial charge in [0.2, 0.25) is 11.8 Å². The molecule has 2 rings (SSSR count). The first-order valence-corrected chi connectivity index (χ1v) is 9.64. The molecule has 2 aromatic carbocycles. The van der Waals surface area contributed by atoms with Crippen LogP contribution in [0.5, 0.6) is 0 Å². The SMILES string of the molecule is CCC(=O)Nc1cccc(NCC(=O)Nc2cccc(C(=O)NC(C)C)c2)c1C. The lowest BCUT2D eigenvalue weighted by Gasteiger charge is -2.14. The van der Waals surface area contributed by atoms with Crippen molar-refractivity contribution in [2.24, 2.45) is 0 Å². The lowest BCUT2D eigenvalue weighted by molar-refractivity contribution is -0.116. The molecule has 0 radical (unpaired) electrons. The van der Waals surface area contributed by atoms with Crippen molar-refractivity contribution in [2.45, 2.75) is 40.2 Å². The summed E-state index contributed by atoms with van der Waals surface area (Å²) in [5, 5.41) is 11.5. The van der Waals surface area contributed by atoms with Crippen LogP contribution in [0.1, 0.15) is 43.1 Å². The Morgan fingerprint density at radius 1 is 0.931 bits per heavy atom. The maximum atomic E-state index is 12.3. The Morgan fingerprint density at radius 3 is 2.31 bits per heavy atom. The summed E-state index contributed by atoms with van der Waals surface area (Å²) in [4.78, 5) is 36.1. The molecule has 0 bridgehead atoms. The van der Waals surface area contributed by atoms with E-state index in [1.54, 1.807) is 31.2 Å². The van der Waals surface area contributed by atoms with Crippen molar-refractivity contribution in [2.75, 3.05) is 22.5 Å². The highest BCUT2D eigenvalue weighted by Gasteiger charge is 2.10. The summed E-state index contributed by atoms with van der Waals surface area (Å²) in [6, 6.07) is 12.3. The molecule has 0 saturated carbocycles. The Kier molecular flexibility index (Phi) is 7.77. The summed E-state index contributed by atoms with van der Waals surface area (Å²) in [6.45, 7) is 7.50. The van der Waals surface area contributed by atoms with E-state index >= 15 is 0 Å². The molecule has 0 spiro atoms. The van der Waals surface area contributed by atoms with Crippen molar-refractivity contribution in [3.8, 4) is 0 Å². The maximum Gasteiger partial charge on any atom is 0.251 e. The van der Waals surface area contributed by atoms with Gasteiger partial charge in [-0.3, -0.25) is 14.4 Å². The lowest BCUT2D eigenvalue weighted by Crippen LogP contribution is -2.30. The number of amides is 3. The van der Waals surface area contributed by atoms with Crippen LogP contribution in [-0.2, 0) is 9.59 Å². The van der Waals surface area contributed by atoms with Crippen LogP contribution in [0.25, 0.3) is 0 Å². The predicted molar refractivity (Wildman–Crippen MR) is 116 cm³/mol. The van der Waals surface area contributed by atoms with Gasteiger partial charge < -0.3 is 21.3 Å². The highest BCUT2D eigenvalue weighted by Crippen LogP contribution is 2.23. The van der Waals surface area contributed by atoms with Gasteiger partial charge in [0.05, 0.1) is 6.54 Å². The second-order valence-electron chi connectivity index (χ2n) is 6.99. The Labute approximate surface area is 171 Å². The second-order valence-corrected chi connectivity index (χ2v) is 6.99. The van der Waals surface area contributed by atoms with Crippen LogP contribution in [0, 0.1) is 6.92 Å². The van der Waals surface area contributed by atoms with Gasteiger partial charge in [0, 0.05) is 35.1 Å². The number of hydrogen-bond acceptors (Lipinski definition) is 4. The standard InChI is InChI=1S/C22H28N4O3/c1-5-20(27)26-19-11-7-10-18(15(19)4)23-13-21(28)25-17-9-6-8-16(12-17)22(29)24-14(2)3/h6-12,14,23H,5,13H2,1-4H3,(H,24,29)(H,25,28)(H,26,27). The largest absolute Gasteiger partial charge is 0.376 e. The third-order valence-electron chi connectivity index (χ3n) is 4.20.